The number of hydrogen-bond acceptors (Lipinski definition) is 5. The molecule has 114 valence electrons. The van der Waals surface area contributed by atoms with Gasteiger partial charge in [-0.2, -0.15) is 11.8 Å². The van der Waals surface area contributed by atoms with Crippen molar-refractivity contribution in [1.29, 1.82) is 0 Å². The third kappa shape index (κ3) is 3.49. The smallest absolute Gasteiger partial charge is 0.186 e. The molecule has 1 N–H and O–H groups in total. The van der Waals surface area contributed by atoms with Crippen LogP contribution in [-0.2, 0) is 0 Å². The number of anilines is 1. The minimum absolute atomic E-state index is 0.410. The molecule has 0 radical (unpaired) electrons. The Labute approximate surface area is 131 Å². The van der Waals surface area contributed by atoms with Crippen LogP contribution >= 0.6 is 23.1 Å². The molecular formula is C15H27N3S2. The summed E-state index contributed by atoms with van der Waals surface area (Å²) < 4.78 is 0. The van der Waals surface area contributed by atoms with Gasteiger partial charge in [-0.15, -0.1) is 11.3 Å². The Bertz CT molecular complexity index is 433. The van der Waals surface area contributed by atoms with Crippen LogP contribution in [0.2, 0.25) is 0 Å². The highest BCUT2D eigenvalue weighted by atomic mass is 32.2. The van der Waals surface area contributed by atoms with Crippen molar-refractivity contribution in [3.8, 4) is 0 Å². The van der Waals surface area contributed by atoms with Crippen LogP contribution in [0, 0.1) is 6.92 Å². The van der Waals surface area contributed by atoms with Gasteiger partial charge in [-0.05, 0) is 33.7 Å². The van der Waals surface area contributed by atoms with E-state index in [1.54, 1.807) is 0 Å². The molecule has 0 saturated carbocycles. The number of thioether (sulfide) groups is 1. The molecule has 0 aliphatic carbocycles. The van der Waals surface area contributed by atoms with Gasteiger partial charge in [0.1, 0.15) is 0 Å². The minimum Gasteiger partial charge on any atom is -0.343 e. The molecule has 20 heavy (non-hydrogen) atoms. The number of nitrogens with one attached hydrogen (secondary N) is 1. The van der Waals surface area contributed by atoms with Crippen molar-refractivity contribution in [2.24, 2.45) is 0 Å². The Balaban J connectivity index is 2.13. The highest BCUT2D eigenvalue weighted by Gasteiger charge is 2.28. The van der Waals surface area contributed by atoms with E-state index in [9.17, 15) is 0 Å². The van der Waals surface area contributed by atoms with Gasteiger partial charge < -0.3 is 10.2 Å². The highest BCUT2D eigenvalue weighted by molar-refractivity contribution is 8.00. The zero-order valence-corrected chi connectivity index (χ0v) is 14.9. The lowest BCUT2D eigenvalue weighted by molar-refractivity contribution is 0.575. The fraction of sp³-hybridized carbons (Fsp3) is 0.800. The highest BCUT2D eigenvalue weighted by Crippen LogP contribution is 2.35. The predicted octanol–water partition coefficient (Wildman–Crippen LogP) is 3.84. The predicted molar refractivity (Wildman–Crippen MR) is 92.3 cm³/mol. The van der Waals surface area contributed by atoms with E-state index in [1.807, 2.05) is 11.3 Å². The normalized spacial score (nSPS) is 24.9. The van der Waals surface area contributed by atoms with Crippen LogP contribution in [0.25, 0.3) is 0 Å². The third-order valence-corrected chi connectivity index (χ3v) is 6.76. The topological polar surface area (TPSA) is 28.2 Å². The standard InChI is InChI=1S/C15H27N3S2/c1-6-7-16-10(2)14-11(3)17-15(20-14)18-8-9-19-13(5)12(18)4/h10,12-13,16H,6-9H2,1-5H3. The quantitative estimate of drug-likeness (QED) is 0.894. The molecule has 0 bridgehead atoms. The lowest BCUT2D eigenvalue weighted by Gasteiger charge is -2.37. The molecule has 1 saturated heterocycles. The maximum atomic E-state index is 4.84. The molecule has 3 nitrogen and oxygen atoms in total. The van der Waals surface area contributed by atoms with E-state index >= 15 is 0 Å². The summed E-state index contributed by atoms with van der Waals surface area (Å²) in [6.45, 7) is 13.4. The molecule has 2 heterocycles. The molecule has 1 aromatic heterocycles. The van der Waals surface area contributed by atoms with Crippen molar-refractivity contribution in [2.45, 2.75) is 58.4 Å². The van der Waals surface area contributed by atoms with Crippen LogP contribution in [0.3, 0.4) is 0 Å². The van der Waals surface area contributed by atoms with Gasteiger partial charge in [0.15, 0.2) is 5.13 Å². The Hall–Kier alpha value is -0.260. The van der Waals surface area contributed by atoms with Crippen LogP contribution in [-0.4, -0.2) is 35.1 Å². The fourth-order valence-corrected chi connectivity index (χ4v) is 4.88. The van der Waals surface area contributed by atoms with E-state index in [4.69, 9.17) is 4.98 Å². The lowest BCUT2D eigenvalue weighted by atomic mass is 10.2. The van der Waals surface area contributed by atoms with Crippen LogP contribution in [0.5, 0.6) is 0 Å². The van der Waals surface area contributed by atoms with Gasteiger partial charge in [-0.25, -0.2) is 4.98 Å². The second kappa shape index (κ2) is 7.14. The van der Waals surface area contributed by atoms with Gasteiger partial charge in [0.2, 0.25) is 0 Å². The van der Waals surface area contributed by atoms with Crippen LogP contribution in [0.4, 0.5) is 5.13 Å². The average Bonchev–Trinajstić information content (AvgIpc) is 2.81. The Morgan fingerprint density at radius 1 is 1.45 bits per heavy atom. The summed E-state index contributed by atoms with van der Waals surface area (Å²) in [5.41, 5.74) is 1.19. The van der Waals surface area contributed by atoms with Crippen molar-refractivity contribution < 1.29 is 0 Å². The molecular weight excluding hydrogens is 286 g/mol. The van der Waals surface area contributed by atoms with Crippen molar-refractivity contribution >= 4 is 28.2 Å². The van der Waals surface area contributed by atoms with E-state index in [1.165, 1.54) is 27.9 Å². The summed E-state index contributed by atoms with van der Waals surface area (Å²) >= 11 is 3.95. The first-order chi connectivity index (χ1) is 9.54. The Morgan fingerprint density at radius 2 is 2.20 bits per heavy atom. The van der Waals surface area contributed by atoms with Crippen LogP contribution in [0.15, 0.2) is 0 Å². The molecule has 1 aliphatic rings. The number of nitrogens with zero attached hydrogens (tertiary/aromatic N) is 2. The Kier molecular flexibility index (Phi) is 5.75. The van der Waals surface area contributed by atoms with E-state index in [2.05, 4.69) is 56.6 Å². The fourth-order valence-electron chi connectivity index (χ4n) is 2.57. The molecule has 0 amide bonds. The van der Waals surface area contributed by atoms with E-state index in [0.717, 1.165) is 13.1 Å². The van der Waals surface area contributed by atoms with Gasteiger partial charge in [0.05, 0.1) is 5.69 Å². The van der Waals surface area contributed by atoms with E-state index < -0.39 is 0 Å². The zero-order chi connectivity index (χ0) is 14.7. The van der Waals surface area contributed by atoms with Gasteiger partial charge in [0.25, 0.3) is 0 Å². The summed E-state index contributed by atoms with van der Waals surface area (Å²) in [5, 5.41) is 5.47. The van der Waals surface area contributed by atoms with Gasteiger partial charge in [-0.3, -0.25) is 0 Å². The monoisotopic (exact) mass is 313 g/mol. The number of aromatic nitrogens is 1. The minimum atomic E-state index is 0.410. The molecule has 1 aliphatic heterocycles. The first-order valence-corrected chi connectivity index (χ1v) is 9.50. The SMILES string of the molecule is CCCNC(C)c1sc(N2CCSC(C)C2C)nc1C. The van der Waals surface area contributed by atoms with Crippen molar-refractivity contribution in [3.63, 3.8) is 0 Å². The number of thiazole rings is 1. The van der Waals surface area contributed by atoms with Crippen molar-refractivity contribution in [3.05, 3.63) is 10.6 Å². The van der Waals surface area contributed by atoms with E-state index in [-0.39, 0.29) is 0 Å². The van der Waals surface area contributed by atoms with Gasteiger partial charge in [0, 0.05) is 34.5 Å². The number of hydrogen-bond donors (Lipinski definition) is 1. The molecule has 1 aromatic rings. The molecule has 0 spiro atoms. The summed E-state index contributed by atoms with van der Waals surface area (Å²) in [5.74, 6) is 1.21. The second-order valence-corrected chi connectivity index (χ2v) is 8.13. The first kappa shape index (κ1) is 16.1. The van der Waals surface area contributed by atoms with Crippen LogP contribution < -0.4 is 10.2 Å². The molecule has 2 rings (SSSR count). The van der Waals surface area contributed by atoms with Crippen molar-refractivity contribution in [1.82, 2.24) is 10.3 Å². The van der Waals surface area contributed by atoms with Crippen LogP contribution in [0.1, 0.15) is 50.7 Å². The second-order valence-electron chi connectivity index (χ2n) is 5.63. The maximum Gasteiger partial charge on any atom is 0.186 e. The average molecular weight is 314 g/mol. The summed E-state index contributed by atoms with van der Waals surface area (Å²) in [7, 11) is 0. The Morgan fingerprint density at radius 3 is 2.90 bits per heavy atom. The first-order valence-electron chi connectivity index (χ1n) is 7.63. The molecule has 5 heteroatoms. The molecule has 1 fully saturated rings. The third-order valence-electron chi connectivity index (χ3n) is 4.04. The van der Waals surface area contributed by atoms with Crippen molar-refractivity contribution in [2.75, 3.05) is 23.7 Å². The summed E-state index contributed by atoms with van der Waals surface area (Å²) in [4.78, 5) is 8.73. The zero-order valence-electron chi connectivity index (χ0n) is 13.3. The molecule has 0 aromatic carbocycles. The number of aryl methyl sites for hydroxylation is 1. The lowest BCUT2D eigenvalue weighted by Crippen LogP contribution is -2.44. The van der Waals surface area contributed by atoms with Gasteiger partial charge in [-0.1, -0.05) is 13.8 Å². The van der Waals surface area contributed by atoms with E-state index in [0.29, 0.717) is 17.3 Å². The maximum absolute atomic E-state index is 4.84. The number of rotatable bonds is 5. The molecule has 3 unspecified atom stereocenters. The molecule has 3 atom stereocenters. The summed E-state index contributed by atoms with van der Waals surface area (Å²) in [6.07, 6.45) is 1.17. The largest absolute Gasteiger partial charge is 0.343 e. The van der Waals surface area contributed by atoms with Gasteiger partial charge >= 0.3 is 0 Å². The summed E-state index contributed by atoms with van der Waals surface area (Å²) in [6, 6.07) is 0.985.